The van der Waals surface area contributed by atoms with Crippen LogP contribution in [0.5, 0.6) is 0 Å². The van der Waals surface area contributed by atoms with Gasteiger partial charge in [-0.05, 0) is 6.08 Å². The third kappa shape index (κ3) is 7.14. The largest absolute Gasteiger partial charge is 0.243 e. The molecule has 0 unspecified atom stereocenters. The number of hydrogen-bond donors (Lipinski definition) is 2. The highest BCUT2D eigenvalue weighted by atomic mass is 15.3. The zero-order chi connectivity index (χ0) is 6.95. The van der Waals surface area contributed by atoms with E-state index in [4.69, 9.17) is 0 Å². The first-order valence-corrected chi connectivity index (χ1v) is 2.86. The lowest BCUT2D eigenvalue weighted by Gasteiger charge is -1.82. The Bertz CT molecular complexity index is 114. The van der Waals surface area contributed by atoms with Crippen molar-refractivity contribution in [2.24, 2.45) is 0 Å². The van der Waals surface area contributed by atoms with Gasteiger partial charge in [0.15, 0.2) is 0 Å². The SMILES string of the molecule is C=CC=CC=C[NH2+]NC. The molecule has 0 aromatic rings. The maximum absolute atomic E-state index is 3.53. The van der Waals surface area contributed by atoms with E-state index in [0.717, 1.165) is 0 Å². The van der Waals surface area contributed by atoms with Crippen molar-refractivity contribution in [1.82, 2.24) is 5.43 Å². The fourth-order valence-electron chi connectivity index (χ4n) is 0.359. The lowest BCUT2D eigenvalue weighted by Crippen LogP contribution is -2.86. The Morgan fingerprint density at radius 3 is 2.67 bits per heavy atom. The van der Waals surface area contributed by atoms with Crippen LogP contribution in [0.2, 0.25) is 0 Å². The summed E-state index contributed by atoms with van der Waals surface area (Å²) < 4.78 is 0. The van der Waals surface area contributed by atoms with Gasteiger partial charge in [-0.25, -0.2) is 5.43 Å². The molecule has 9 heavy (non-hydrogen) atoms. The number of hydrogen-bond acceptors (Lipinski definition) is 1. The minimum Gasteiger partial charge on any atom is -0.243 e. The number of nitrogens with two attached hydrogens (primary N) is 1. The maximum atomic E-state index is 3.53. The van der Waals surface area contributed by atoms with E-state index in [-0.39, 0.29) is 0 Å². The molecule has 0 saturated heterocycles. The molecule has 0 aliphatic heterocycles. The van der Waals surface area contributed by atoms with E-state index in [1.807, 2.05) is 36.9 Å². The summed E-state index contributed by atoms with van der Waals surface area (Å²) in [7, 11) is 1.86. The highest BCUT2D eigenvalue weighted by molar-refractivity contribution is 5.06. The van der Waals surface area contributed by atoms with Crippen molar-refractivity contribution in [2.75, 3.05) is 7.05 Å². The van der Waals surface area contributed by atoms with Crippen molar-refractivity contribution >= 4 is 0 Å². The smallest absolute Gasteiger partial charge is 0.112 e. The van der Waals surface area contributed by atoms with Crippen LogP contribution in [0.4, 0.5) is 0 Å². The molecule has 0 bridgehead atoms. The van der Waals surface area contributed by atoms with Crippen molar-refractivity contribution in [2.45, 2.75) is 0 Å². The number of rotatable bonds is 4. The lowest BCUT2D eigenvalue weighted by atomic mass is 10.5. The monoisotopic (exact) mass is 125 g/mol. The Morgan fingerprint density at radius 1 is 1.33 bits per heavy atom. The molecule has 0 aromatic carbocycles. The van der Waals surface area contributed by atoms with Crippen LogP contribution in [0.15, 0.2) is 37.1 Å². The molecule has 0 radical (unpaired) electrons. The third-order valence-corrected chi connectivity index (χ3v) is 0.732. The van der Waals surface area contributed by atoms with Gasteiger partial charge in [0.2, 0.25) is 0 Å². The van der Waals surface area contributed by atoms with Gasteiger partial charge in [0, 0.05) is 7.05 Å². The van der Waals surface area contributed by atoms with E-state index < -0.39 is 0 Å². The number of quaternary nitrogens is 1. The molecule has 0 rings (SSSR count). The van der Waals surface area contributed by atoms with E-state index >= 15 is 0 Å². The van der Waals surface area contributed by atoms with Gasteiger partial charge >= 0.3 is 0 Å². The molecule has 0 aliphatic carbocycles. The Labute approximate surface area is 55.9 Å². The summed E-state index contributed by atoms with van der Waals surface area (Å²) >= 11 is 0. The molecular weight excluding hydrogens is 112 g/mol. The average Bonchev–Trinajstić information content (AvgIpc) is 1.89. The van der Waals surface area contributed by atoms with Crippen LogP contribution in [0.3, 0.4) is 0 Å². The van der Waals surface area contributed by atoms with Gasteiger partial charge in [-0.1, -0.05) is 24.8 Å². The molecule has 0 heterocycles. The molecule has 0 spiro atoms. The molecule has 0 amide bonds. The van der Waals surface area contributed by atoms with E-state index in [9.17, 15) is 0 Å². The van der Waals surface area contributed by atoms with Gasteiger partial charge in [0.25, 0.3) is 0 Å². The number of allylic oxidation sites excluding steroid dienone is 4. The second-order valence-corrected chi connectivity index (χ2v) is 1.46. The van der Waals surface area contributed by atoms with E-state index in [2.05, 4.69) is 12.0 Å². The molecule has 0 aromatic heterocycles. The highest BCUT2D eigenvalue weighted by Crippen LogP contribution is 1.71. The first-order chi connectivity index (χ1) is 4.41. The normalized spacial score (nSPS) is 11.2. The Hall–Kier alpha value is -0.860. The van der Waals surface area contributed by atoms with Crippen molar-refractivity contribution in [3.05, 3.63) is 37.1 Å². The van der Waals surface area contributed by atoms with Crippen LogP contribution in [-0.4, -0.2) is 7.05 Å². The van der Waals surface area contributed by atoms with Crippen LogP contribution in [0, 0.1) is 0 Å². The zero-order valence-corrected chi connectivity index (χ0v) is 5.67. The van der Waals surface area contributed by atoms with Gasteiger partial charge in [-0.3, -0.25) is 0 Å². The number of nitrogens with one attached hydrogen (secondary N) is 1. The van der Waals surface area contributed by atoms with Crippen LogP contribution in [0.1, 0.15) is 0 Å². The lowest BCUT2D eigenvalue weighted by molar-refractivity contribution is -0.644. The van der Waals surface area contributed by atoms with Crippen LogP contribution >= 0.6 is 0 Å². The summed E-state index contributed by atoms with van der Waals surface area (Å²) in [4.78, 5) is 0. The molecule has 3 N–H and O–H groups in total. The molecule has 2 nitrogen and oxygen atoms in total. The summed E-state index contributed by atoms with van der Waals surface area (Å²) in [6.45, 7) is 3.53. The fraction of sp³-hybridized carbons (Fsp3) is 0.143. The first kappa shape index (κ1) is 8.14. The summed E-state index contributed by atoms with van der Waals surface area (Å²) in [6, 6.07) is 0. The maximum Gasteiger partial charge on any atom is 0.112 e. The molecule has 0 saturated carbocycles. The quantitative estimate of drug-likeness (QED) is 0.307. The van der Waals surface area contributed by atoms with Gasteiger partial charge < -0.3 is 0 Å². The molecule has 0 fully saturated rings. The summed E-state index contributed by atoms with van der Waals surface area (Å²) in [5, 5.41) is 0. The van der Waals surface area contributed by atoms with E-state index in [0.29, 0.717) is 0 Å². The predicted octanol–water partition coefficient (Wildman–Crippen LogP) is -0.0599. The second kappa shape index (κ2) is 7.14. The highest BCUT2D eigenvalue weighted by Gasteiger charge is 1.66. The van der Waals surface area contributed by atoms with Crippen LogP contribution in [0.25, 0.3) is 0 Å². The topological polar surface area (TPSA) is 28.6 Å². The van der Waals surface area contributed by atoms with Crippen molar-refractivity contribution in [3.8, 4) is 0 Å². The minimum atomic E-state index is 1.74. The van der Waals surface area contributed by atoms with Crippen molar-refractivity contribution in [3.63, 3.8) is 0 Å². The standard InChI is InChI=1S/C7H12N2/c1-3-4-5-6-7-9-8-2/h3-9H,1H2,2H3/p+1. The minimum absolute atomic E-state index is 1.74. The van der Waals surface area contributed by atoms with Gasteiger partial charge in [0.05, 0.1) is 0 Å². The van der Waals surface area contributed by atoms with Crippen molar-refractivity contribution < 1.29 is 5.43 Å². The molecular formula is C7H13N2+. The Morgan fingerprint density at radius 2 is 2.11 bits per heavy atom. The van der Waals surface area contributed by atoms with Gasteiger partial charge in [-0.2, -0.15) is 5.43 Å². The fourth-order valence-corrected chi connectivity index (χ4v) is 0.359. The molecule has 0 atom stereocenters. The van der Waals surface area contributed by atoms with Crippen LogP contribution in [-0.2, 0) is 0 Å². The van der Waals surface area contributed by atoms with Crippen LogP contribution < -0.4 is 10.9 Å². The van der Waals surface area contributed by atoms with Gasteiger partial charge in [-0.15, -0.1) is 0 Å². The first-order valence-electron chi connectivity index (χ1n) is 2.86. The Kier molecular flexibility index (Phi) is 6.46. The van der Waals surface area contributed by atoms with E-state index in [1.54, 1.807) is 6.08 Å². The third-order valence-electron chi connectivity index (χ3n) is 0.732. The summed E-state index contributed by atoms with van der Waals surface area (Å²) in [5.74, 6) is 0. The summed E-state index contributed by atoms with van der Waals surface area (Å²) in [5.41, 5.74) is 4.73. The second-order valence-electron chi connectivity index (χ2n) is 1.46. The van der Waals surface area contributed by atoms with Crippen molar-refractivity contribution in [1.29, 1.82) is 0 Å². The molecule has 2 heteroatoms. The molecule has 0 aliphatic rings. The van der Waals surface area contributed by atoms with E-state index in [1.165, 1.54) is 0 Å². The summed E-state index contributed by atoms with van der Waals surface area (Å²) in [6.07, 6.45) is 9.38. The predicted molar refractivity (Wildman–Crippen MR) is 39.5 cm³/mol. The van der Waals surface area contributed by atoms with Gasteiger partial charge in [0.1, 0.15) is 6.20 Å². The zero-order valence-electron chi connectivity index (χ0n) is 5.67. The average molecular weight is 125 g/mol. The Balaban J connectivity index is 3.23. The molecule has 50 valence electrons.